The molecule has 3 aliphatic rings. The van der Waals surface area contributed by atoms with E-state index in [1.165, 1.54) is 35.4 Å². The maximum Gasteiger partial charge on any atom is 0.410 e. The largest absolute Gasteiger partial charge is 0.494 e. The van der Waals surface area contributed by atoms with Crippen molar-refractivity contribution in [2.45, 2.75) is 49.3 Å². The molecule has 35 heavy (non-hydrogen) atoms. The molecule has 0 spiro atoms. The summed E-state index contributed by atoms with van der Waals surface area (Å²) in [6, 6.07) is 20.8. The van der Waals surface area contributed by atoms with E-state index in [-0.39, 0.29) is 36.5 Å². The molecule has 1 N–H and O–H groups in total. The van der Waals surface area contributed by atoms with Crippen LogP contribution in [0.2, 0.25) is 0 Å². The minimum absolute atomic E-state index is 0.0115. The van der Waals surface area contributed by atoms with Crippen LogP contribution in [0, 0.1) is 5.82 Å². The van der Waals surface area contributed by atoms with Crippen LogP contribution < -0.4 is 4.74 Å². The van der Waals surface area contributed by atoms with E-state index in [2.05, 4.69) is 24.3 Å². The van der Waals surface area contributed by atoms with Gasteiger partial charge in [-0.15, -0.1) is 0 Å². The minimum Gasteiger partial charge on any atom is -0.494 e. The molecule has 5 nitrogen and oxygen atoms in total. The summed E-state index contributed by atoms with van der Waals surface area (Å²) in [4.78, 5) is 15.1. The van der Waals surface area contributed by atoms with Gasteiger partial charge in [0.25, 0.3) is 0 Å². The van der Waals surface area contributed by atoms with Gasteiger partial charge in [0.1, 0.15) is 6.61 Å². The average molecular weight is 474 g/mol. The van der Waals surface area contributed by atoms with Gasteiger partial charge in [-0.25, -0.2) is 9.18 Å². The molecule has 2 fully saturated rings. The van der Waals surface area contributed by atoms with E-state index in [9.17, 15) is 14.3 Å². The quantitative estimate of drug-likeness (QED) is 0.536. The van der Waals surface area contributed by atoms with Crippen LogP contribution in [0.1, 0.15) is 48.3 Å². The number of rotatable bonds is 4. The highest BCUT2D eigenvalue weighted by Gasteiger charge is 2.51. The fraction of sp³-hybridized carbons (Fsp3) is 0.345. The number of piperidine rings is 1. The smallest absolute Gasteiger partial charge is 0.410 e. The Labute approximate surface area is 204 Å². The fourth-order valence-corrected chi connectivity index (χ4v) is 6.38. The monoisotopic (exact) mass is 473 g/mol. The molecule has 2 aliphatic heterocycles. The highest BCUT2D eigenvalue weighted by Crippen LogP contribution is 2.48. The van der Waals surface area contributed by atoms with Crippen LogP contribution in [0.15, 0.2) is 66.7 Å². The van der Waals surface area contributed by atoms with Crippen molar-refractivity contribution >= 4 is 6.09 Å². The summed E-state index contributed by atoms with van der Waals surface area (Å²) in [5.41, 5.74) is 4.25. The Morgan fingerprint density at radius 2 is 1.60 bits per heavy atom. The van der Waals surface area contributed by atoms with Crippen LogP contribution >= 0.6 is 0 Å². The number of methoxy groups -OCH3 is 1. The zero-order chi connectivity index (χ0) is 24.2. The van der Waals surface area contributed by atoms with E-state index < -0.39 is 11.4 Å². The third-order valence-corrected chi connectivity index (χ3v) is 8.00. The maximum atomic E-state index is 13.9. The van der Waals surface area contributed by atoms with Crippen LogP contribution in [0.25, 0.3) is 11.1 Å². The number of hydrogen-bond donors (Lipinski definition) is 1. The molecule has 3 aromatic carbocycles. The van der Waals surface area contributed by atoms with Crippen molar-refractivity contribution in [3.8, 4) is 16.9 Å². The van der Waals surface area contributed by atoms with E-state index in [1.54, 1.807) is 12.1 Å². The first-order valence-electron chi connectivity index (χ1n) is 12.2. The second-order valence-corrected chi connectivity index (χ2v) is 9.89. The number of amides is 1. The summed E-state index contributed by atoms with van der Waals surface area (Å²) < 4.78 is 24.9. The third-order valence-electron chi connectivity index (χ3n) is 8.00. The normalized spacial score (nSPS) is 24.7. The first-order chi connectivity index (χ1) is 17.0. The summed E-state index contributed by atoms with van der Waals surface area (Å²) in [6.45, 7) is 0.280. The van der Waals surface area contributed by atoms with Gasteiger partial charge >= 0.3 is 6.09 Å². The van der Waals surface area contributed by atoms with E-state index in [0.717, 1.165) is 12.8 Å². The van der Waals surface area contributed by atoms with E-state index >= 15 is 0 Å². The summed E-state index contributed by atoms with van der Waals surface area (Å²) in [7, 11) is 1.41. The molecule has 2 atom stereocenters. The number of nitrogens with zero attached hydrogens (tertiary/aromatic N) is 1. The summed E-state index contributed by atoms with van der Waals surface area (Å²) in [5.74, 6) is -0.335. The van der Waals surface area contributed by atoms with Crippen molar-refractivity contribution in [2.75, 3.05) is 13.7 Å². The number of fused-ring (bicyclic) bond motifs is 5. The van der Waals surface area contributed by atoms with E-state index in [4.69, 9.17) is 9.47 Å². The second-order valence-electron chi connectivity index (χ2n) is 9.89. The number of aliphatic hydroxyl groups is 1. The maximum absolute atomic E-state index is 13.9. The number of halogens is 1. The minimum atomic E-state index is -1.13. The van der Waals surface area contributed by atoms with Crippen molar-refractivity contribution in [1.82, 2.24) is 4.90 Å². The van der Waals surface area contributed by atoms with Crippen LogP contribution in [0.4, 0.5) is 9.18 Å². The lowest BCUT2D eigenvalue weighted by atomic mass is 9.80. The molecule has 0 radical (unpaired) electrons. The zero-order valence-electron chi connectivity index (χ0n) is 19.6. The van der Waals surface area contributed by atoms with Crippen molar-refractivity contribution < 1.29 is 23.8 Å². The molecule has 3 aromatic rings. The van der Waals surface area contributed by atoms with Crippen LogP contribution in [0.3, 0.4) is 0 Å². The summed E-state index contributed by atoms with van der Waals surface area (Å²) in [5, 5.41) is 11.5. The predicted molar refractivity (Wildman–Crippen MR) is 130 cm³/mol. The topological polar surface area (TPSA) is 59.0 Å². The molecule has 6 rings (SSSR count). The molecule has 1 aliphatic carbocycles. The van der Waals surface area contributed by atoms with Gasteiger partial charge in [-0.1, -0.05) is 54.6 Å². The molecule has 6 heteroatoms. The van der Waals surface area contributed by atoms with Crippen LogP contribution in [-0.4, -0.2) is 41.9 Å². The Hall–Kier alpha value is -3.38. The Balaban J connectivity index is 1.18. The average Bonchev–Trinajstić information content (AvgIpc) is 3.35. The van der Waals surface area contributed by atoms with Crippen molar-refractivity contribution in [3.63, 3.8) is 0 Å². The number of ether oxygens (including phenoxy) is 2. The number of carbonyl (C=O) groups is 1. The zero-order valence-corrected chi connectivity index (χ0v) is 19.6. The van der Waals surface area contributed by atoms with Gasteiger partial charge in [0, 0.05) is 30.8 Å². The summed E-state index contributed by atoms with van der Waals surface area (Å²) in [6.07, 6.45) is 2.09. The molecule has 2 heterocycles. The van der Waals surface area contributed by atoms with Crippen LogP contribution in [0.5, 0.6) is 5.75 Å². The van der Waals surface area contributed by atoms with Gasteiger partial charge in [-0.3, -0.25) is 0 Å². The standard InChI is InChI=1S/C29H28FNO4/c1-34-27-14-18(10-13-26(27)30)29(33)15-19-11-12-20(16-29)31(19)28(32)35-17-25-23-8-4-2-6-21(23)22-7-3-5-9-24(22)25/h2-10,13-14,19-20,25,33H,11-12,15-17H2,1H3. The molecule has 2 bridgehead atoms. The van der Waals surface area contributed by atoms with Gasteiger partial charge in [0.05, 0.1) is 12.7 Å². The Kier molecular flexibility index (Phi) is 5.29. The number of benzene rings is 3. The number of hydrogen-bond acceptors (Lipinski definition) is 4. The lowest BCUT2D eigenvalue weighted by Crippen LogP contribution is -2.52. The SMILES string of the molecule is COc1cc(C2(O)CC3CCC(C2)N3C(=O)OCC2c3ccccc3-c3ccccc32)ccc1F. The summed E-state index contributed by atoms with van der Waals surface area (Å²) >= 11 is 0. The molecule has 1 amide bonds. The molecular formula is C29H28FNO4. The molecular weight excluding hydrogens is 445 g/mol. The van der Waals surface area contributed by atoms with E-state index in [1.807, 2.05) is 29.2 Å². The first-order valence-corrected chi connectivity index (χ1v) is 12.2. The lowest BCUT2D eigenvalue weighted by molar-refractivity contribution is -0.0532. The van der Waals surface area contributed by atoms with Crippen molar-refractivity contribution in [1.29, 1.82) is 0 Å². The first kappa shape index (κ1) is 22.1. The Morgan fingerprint density at radius 1 is 1.00 bits per heavy atom. The Morgan fingerprint density at radius 3 is 2.20 bits per heavy atom. The molecule has 0 saturated carbocycles. The van der Waals surface area contributed by atoms with E-state index in [0.29, 0.717) is 18.4 Å². The molecule has 2 saturated heterocycles. The molecule has 180 valence electrons. The predicted octanol–water partition coefficient (Wildman–Crippen LogP) is 5.60. The van der Waals surface area contributed by atoms with Gasteiger partial charge in [0.15, 0.2) is 11.6 Å². The van der Waals surface area contributed by atoms with Crippen molar-refractivity contribution in [3.05, 3.63) is 89.2 Å². The van der Waals surface area contributed by atoms with Gasteiger partial charge in [-0.2, -0.15) is 0 Å². The molecule has 2 unspecified atom stereocenters. The highest BCUT2D eigenvalue weighted by atomic mass is 19.1. The Bertz CT molecular complexity index is 1230. The third kappa shape index (κ3) is 3.59. The fourth-order valence-electron chi connectivity index (χ4n) is 6.38. The van der Waals surface area contributed by atoms with Crippen molar-refractivity contribution in [2.24, 2.45) is 0 Å². The lowest BCUT2D eigenvalue weighted by Gasteiger charge is -2.43. The van der Waals surface area contributed by atoms with Gasteiger partial charge in [0.2, 0.25) is 0 Å². The van der Waals surface area contributed by atoms with Gasteiger partial charge in [-0.05, 0) is 52.8 Å². The molecule has 0 aromatic heterocycles. The van der Waals surface area contributed by atoms with Gasteiger partial charge < -0.3 is 19.5 Å². The van der Waals surface area contributed by atoms with Crippen LogP contribution in [-0.2, 0) is 10.3 Å². The highest BCUT2D eigenvalue weighted by molar-refractivity contribution is 5.79. The number of carbonyl (C=O) groups excluding carboxylic acids is 1. The second kappa shape index (κ2) is 8.38.